The first-order valence-corrected chi connectivity index (χ1v) is 10.7. The fourth-order valence-corrected chi connectivity index (χ4v) is 10.1. The van der Waals surface area contributed by atoms with E-state index in [1.54, 1.807) is 0 Å². The van der Waals surface area contributed by atoms with E-state index >= 15 is 0 Å². The maximum absolute atomic E-state index is 11.5. The van der Waals surface area contributed by atoms with E-state index in [-0.39, 0.29) is 29.0 Å². The second-order valence-electron chi connectivity index (χ2n) is 10.7. The molecular weight excluding hydrogens is 310 g/mol. The molecule has 0 aromatic rings. The molecule has 0 aromatic heterocycles. The van der Waals surface area contributed by atoms with Gasteiger partial charge < -0.3 is 10.2 Å². The number of hydrogen-bond donors (Lipinski definition) is 2. The molecule has 6 saturated carbocycles. The molecule has 7 rings (SSSR count). The summed E-state index contributed by atoms with van der Waals surface area (Å²) < 4.78 is 0. The van der Waals surface area contributed by atoms with Gasteiger partial charge in [0.2, 0.25) is 0 Å². The van der Waals surface area contributed by atoms with Crippen molar-refractivity contribution in [3.63, 3.8) is 0 Å². The molecule has 3 nitrogen and oxygen atoms in total. The van der Waals surface area contributed by atoms with Gasteiger partial charge in [-0.25, -0.2) is 0 Å². The Morgan fingerprint density at radius 1 is 1.20 bits per heavy atom. The Balaban J connectivity index is 1.60. The van der Waals surface area contributed by atoms with Crippen LogP contribution in [0.3, 0.4) is 0 Å². The second kappa shape index (κ2) is 4.36. The summed E-state index contributed by atoms with van der Waals surface area (Å²) in [5, 5.41) is 22.9. The Morgan fingerprint density at radius 2 is 2.00 bits per heavy atom. The van der Waals surface area contributed by atoms with Crippen molar-refractivity contribution in [1.82, 2.24) is 4.90 Å². The topological polar surface area (TPSA) is 43.7 Å². The van der Waals surface area contributed by atoms with E-state index in [9.17, 15) is 10.2 Å². The molecule has 2 spiro atoms. The molecule has 7 fully saturated rings. The van der Waals surface area contributed by atoms with Crippen LogP contribution in [-0.2, 0) is 0 Å². The molecule has 0 radical (unpaired) electrons. The highest BCUT2D eigenvalue weighted by atomic mass is 16.3. The van der Waals surface area contributed by atoms with Gasteiger partial charge >= 0.3 is 0 Å². The van der Waals surface area contributed by atoms with Crippen LogP contribution in [0.25, 0.3) is 0 Å². The Labute approximate surface area is 151 Å². The van der Waals surface area contributed by atoms with Gasteiger partial charge in [0.05, 0.1) is 12.2 Å². The Hall–Kier alpha value is -0.380. The molecule has 3 heteroatoms. The summed E-state index contributed by atoms with van der Waals surface area (Å²) >= 11 is 0. The van der Waals surface area contributed by atoms with Gasteiger partial charge in [0.1, 0.15) is 0 Å². The van der Waals surface area contributed by atoms with E-state index in [0.717, 1.165) is 30.9 Å². The molecule has 0 aromatic carbocycles. The standard InChI is InChI=1S/C22H33NO2/c1-4-23-11-20(3)7-5-8-22-15(20)10-14(18(22)23)21-9-6-13(12(2)19(21)25)16(24)17(21)22/h13-19,24-25H,2,4-11H2,1,3H3/t13-,14-,15+,16-,17-,18?,19+,20+,21+,22+/m1/s1. The van der Waals surface area contributed by atoms with Gasteiger partial charge in [-0.1, -0.05) is 26.8 Å². The number of nitrogens with zero attached hydrogens (tertiary/aromatic N) is 1. The molecule has 6 aliphatic carbocycles. The third-order valence-corrected chi connectivity index (χ3v) is 10.5. The maximum Gasteiger partial charge on any atom is 0.0814 e. The zero-order valence-corrected chi connectivity index (χ0v) is 15.7. The van der Waals surface area contributed by atoms with Gasteiger partial charge in [0.25, 0.3) is 0 Å². The van der Waals surface area contributed by atoms with Gasteiger partial charge in [-0.15, -0.1) is 0 Å². The summed E-state index contributed by atoms with van der Waals surface area (Å²) in [6.07, 6.45) is 6.75. The normalized spacial score (nSPS) is 64.6. The van der Waals surface area contributed by atoms with Gasteiger partial charge in [-0.05, 0) is 66.9 Å². The molecule has 7 bridgehead atoms. The SMILES string of the molecule is C=C1[C@H]2CC[C@@]3([C@@H]4C[C@H]5[C@@]6(C)CCC[C@@]5(C4N(CC)C6)[C@@H]3[C@@H]2O)[C@H]1O. The van der Waals surface area contributed by atoms with Crippen molar-refractivity contribution in [2.45, 2.75) is 70.6 Å². The van der Waals surface area contributed by atoms with Crippen molar-refractivity contribution in [2.24, 2.45) is 39.9 Å². The monoisotopic (exact) mass is 343 g/mol. The highest BCUT2D eigenvalue weighted by Gasteiger charge is 2.84. The summed E-state index contributed by atoms with van der Waals surface area (Å²) in [5.41, 5.74) is 1.54. The van der Waals surface area contributed by atoms with E-state index in [1.807, 2.05) is 0 Å². The van der Waals surface area contributed by atoms with Crippen LogP contribution in [0.15, 0.2) is 12.2 Å². The molecule has 138 valence electrons. The molecule has 1 unspecified atom stereocenters. The van der Waals surface area contributed by atoms with Gasteiger partial charge in [-0.3, -0.25) is 4.90 Å². The van der Waals surface area contributed by atoms with E-state index in [4.69, 9.17) is 0 Å². The average molecular weight is 344 g/mol. The minimum Gasteiger partial charge on any atom is -0.392 e. The number of hydrogen-bond acceptors (Lipinski definition) is 3. The molecule has 0 amide bonds. The lowest BCUT2D eigenvalue weighted by atomic mass is 9.39. The minimum absolute atomic E-state index is 0.0809. The predicted molar refractivity (Wildman–Crippen MR) is 96.8 cm³/mol. The summed E-state index contributed by atoms with van der Waals surface area (Å²) in [4.78, 5) is 2.77. The van der Waals surface area contributed by atoms with Crippen LogP contribution in [0, 0.1) is 39.9 Å². The first-order valence-electron chi connectivity index (χ1n) is 10.7. The fraction of sp³-hybridized carbons (Fsp3) is 0.909. The quantitative estimate of drug-likeness (QED) is 0.720. The smallest absolute Gasteiger partial charge is 0.0814 e. The maximum atomic E-state index is 11.5. The van der Waals surface area contributed by atoms with Crippen LogP contribution in [0.1, 0.15) is 52.4 Å². The highest BCUT2D eigenvalue weighted by molar-refractivity contribution is 5.38. The van der Waals surface area contributed by atoms with Gasteiger partial charge in [0, 0.05) is 29.8 Å². The number of piperidine rings is 1. The van der Waals surface area contributed by atoms with Gasteiger partial charge in [-0.2, -0.15) is 0 Å². The number of fused-ring (bicyclic) bond motifs is 2. The average Bonchev–Trinajstić information content (AvgIpc) is 2.99. The zero-order chi connectivity index (χ0) is 17.4. The molecule has 10 atom stereocenters. The number of aliphatic hydroxyl groups is 2. The van der Waals surface area contributed by atoms with Crippen LogP contribution in [0.2, 0.25) is 0 Å². The summed E-state index contributed by atoms with van der Waals surface area (Å²) in [6.45, 7) is 11.5. The third-order valence-electron chi connectivity index (χ3n) is 10.5. The fourth-order valence-electron chi connectivity index (χ4n) is 10.1. The lowest BCUT2D eigenvalue weighted by Gasteiger charge is -2.68. The van der Waals surface area contributed by atoms with Crippen molar-refractivity contribution < 1.29 is 10.2 Å². The first kappa shape index (κ1) is 15.7. The van der Waals surface area contributed by atoms with Crippen LogP contribution < -0.4 is 0 Å². The summed E-state index contributed by atoms with van der Waals surface area (Å²) in [5.74, 6) is 1.77. The zero-order valence-electron chi connectivity index (χ0n) is 15.7. The second-order valence-corrected chi connectivity index (χ2v) is 10.7. The lowest BCUT2D eigenvalue weighted by molar-refractivity contribution is -0.227. The number of likely N-dealkylation sites (tertiary alicyclic amines) is 1. The van der Waals surface area contributed by atoms with E-state index in [1.165, 1.54) is 32.2 Å². The van der Waals surface area contributed by atoms with Crippen LogP contribution in [0.5, 0.6) is 0 Å². The highest BCUT2D eigenvalue weighted by Crippen LogP contribution is 2.83. The van der Waals surface area contributed by atoms with Crippen molar-refractivity contribution in [2.75, 3.05) is 13.1 Å². The minimum atomic E-state index is -0.377. The van der Waals surface area contributed by atoms with E-state index in [0.29, 0.717) is 23.3 Å². The largest absolute Gasteiger partial charge is 0.392 e. The number of rotatable bonds is 1. The molecule has 25 heavy (non-hydrogen) atoms. The van der Waals surface area contributed by atoms with Crippen LogP contribution in [-0.4, -0.2) is 46.5 Å². The van der Waals surface area contributed by atoms with Crippen molar-refractivity contribution in [1.29, 1.82) is 0 Å². The van der Waals surface area contributed by atoms with Crippen molar-refractivity contribution >= 4 is 0 Å². The van der Waals surface area contributed by atoms with E-state index in [2.05, 4.69) is 25.3 Å². The van der Waals surface area contributed by atoms with E-state index < -0.39 is 0 Å². The summed E-state index contributed by atoms with van der Waals surface area (Å²) in [7, 11) is 0. The van der Waals surface area contributed by atoms with Gasteiger partial charge in [0.15, 0.2) is 0 Å². The van der Waals surface area contributed by atoms with Crippen LogP contribution >= 0.6 is 0 Å². The summed E-state index contributed by atoms with van der Waals surface area (Å²) in [6, 6.07) is 0.592. The van der Waals surface area contributed by atoms with Crippen molar-refractivity contribution in [3.8, 4) is 0 Å². The molecule has 1 heterocycles. The number of aliphatic hydroxyl groups excluding tert-OH is 2. The Kier molecular flexibility index (Phi) is 2.73. The van der Waals surface area contributed by atoms with Crippen LogP contribution in [0.4, 0.5) is 0 Å². The molecular formula is C22H33NO2. The first-order chi connectivity index (χ1) is 11.9. The Morgan fingerprint density at radius 3 is 2.76 bits per heavy atom. The molecule has 7 aliphatic rings. The Bertz CT molecular complexity index is 662. The lowest BCUT2D eigenvalue weighted by Crippen LogP contribution is -2.69. The molecule has 1 saturated heterocycles. The molecule has 2 N–H and O–H groups in total. The predicted octanol–water partition coefficient (Wildman–Crippen LogP) is 2.82. The van der Waals surface area contributed by atoms with Crippen molar-refractivity contribution in [3.05, 3.63) is 12.2 Å². The third kappa shape index (κ3) is 1.34. The molecule has 1 aliphatic heterocycles.